The number of hydrogen-bond donors (Lipinski definition) is 0. The van der Waals surface area contributed by atoms with Crippen LogP contribution in [-0.4, -0.2) is 0 Å². The summed E-state index contributed by atoms with van der Waals surface area (Å²) in [7, 11) is 0. The molecule has 0 aromatic rings. The minimum Gasteiger partial charge on any atom is -0.197 e. The molecule has 178 valence electrons. The van der Waals surface area contributed by atoms with Crippen LogP contribution in [0.2, 0.25) is 0 Å². The summed E-state index contributed by atoms with van der Waals surface area (Å²) in [5, 5.41) is 18.9. The second-order valence-corrected chi connectivity index (χ2v) is 13.5. The SMILES string of the molecule is CC(C)CCC[C@H](C)[C@@H]1CC[C@H]2[C@H]3CC[C@H]4C[C@@H](C(C#N)C#N)CC[C@]4(C)[C@@H]3CC[C@@]21C. The molecular formula is C30H48N2. The summed E-state index contributed by atoms with van der Waals surface area (Å²) in [6.45, 7) is 12.6. The van der Waals surface area contributed by atoms with Gasteiger partial charge in [0.25, 0.3) is 0 Å². The molecule has 4 saturated carbocycles. The van der Waals surface area contributed by atoms with Crippen LogP contribution >= 0.6 is 0 Å². The van der Waals surface area contributed by atoms with Gasteiger partial charge in [0.1, 0.15) is 5.92 Å². The minimum absolute atomic E-state index is 0.316. The van der Waals surface area contributed by atoms with Gasteiger partial charge in [0.2, 0.25) is 0 Å². The number of fused-ring (bicyclic) bond motifs is 5. The molecule has 0 radical (unpaired) electrons. The van der Waals surface area contributed by atoms with Gasteiger partial charge in [0.15, 0.2) is 0 Å². The maximum absolute atomic E-state index is 9.44. The van der Waals surface area contributed by atoms with Crippen LogP contribution in [0.1, 0.15) is 112 Å². The summed E-state index contributed by atoms with van der Waals surface area (Å²) < 4.78 is 0. The van der Waals surface area contributed by atoms with E-state index in [1.165, 1.54) is 64.2 Å². The highest BCUT2D eigenvalue weighted by Gasteiger charge is 2.60. The maximum Gasteiger partial charge on any atom is 0.136 e. The molecule has 0 aromatic heterocycles. The van der Waals surface area contributed by atoms with Crippen molar-refractivity contribution in [1.82, 2.24) is 0 Å². The average Bonchev–Trinajstić information content (AvgIpc) is 3.11. The van der Waals surface area contributed by atoms with E-state index < -0.39 is 0 Å². The average molecular weight is 437 g/mol. The quantitative estimate of drug-likeness (QED) is 0.419. The third kappa shape index (κ3) is 4.04. The number of rotatable bonds is 6. The molecule has 0 bridgehead atoms. The lowest BCUT2D eigenvalue weighted by Crippen LogP contribution is -2.54. The second kappa shape index (κ2) is 9.32. The lowest BCUT2D eigenvalue weighted by Gasteiger charge is -2.61. The summed E-state index contributed by atoms with van der Waals surface area (Å²) >= 11 is 0. The molecule has 2 heteroatoms. The molecule has 4 fully saturated rings. The fourth-order valence-corrected chi connectivity index (χ4v) is 9.86. The van der Waals surface area contributed by atoms with E-state index in [1.54, 1.807) is 0 Å². The first-order valence-corrected chi connectivity index (χ1v) is 14.0. The zero-order valence-electron chi connectivity index (χ0n) is 21.6. The van der Waals surface area contributed by atoms with E-state index >= 15 is 0 Å². The van der Waals surface area contributed by atoms with E-state index in [4.69, 9.17) is 0 Å². The Morgan fingerprint density at radius 3 is 2.19 bits per heavy atom. The second-order valence-electron chi connectivity index (χ2n) is 13.5. The summed E-state index contributed by atoms with van der Waals surface area (Å²) in [4.78, 5) is 0. The van der Waals surface area contributed by atoms with Gasteiger partial charge in [-0.05, 0) is 116 Å². The van der Waals surface area contributed by atoms with Gasteiger partial charge in [-0.2, -0.15) is 10.5 Å². The molecule has 0 aromatic carbocycles. The molecule has 4 aliphatic carbocycles. The van der Waals surface area contributed by atoms with E-state index in [0.29, 0.717) is 16.7 Å². The predicted octanol–water partition coefficient (Wildman–Crippen LogP) is 8.39. The van der Waals surface area contributed by atoms with Crippen LogP contribution in [0, 0.1) is 86.8 Å². The molecule has 0 aliphatic heterocycles. The van der Waals surface area contributed by atoms with Crippen molar-refractivity contribution < 1.29 is 0 Å². The Morgan fingerprint density at radius 1 is 0.812 bits per heavy atom. The largest absolute Gasteiger partial charge is 0.197 e. The smallest absolute Gasteiger partial charge is 0.136 e. The fraction of sp³-hybridized carbons (Fsp3) is 0.933. The molecule has 4 rings (SSSR count). The van der Waals surface area contributed by atoms with Crippen LogP contribution in [0.25, 0.3) is 0 Å². The molecule has 4 aliphatic rings. The van der Waals surface area contributed by atoms with Gasteiger partial charge in [-0.25, -0.2) is 0 Å². The summed E-state index contributed by atoms with van der Waals surface area (Å²) in [5.74, 6) is 6.09. The van der Waals surface area contributed by atoms with Crippen LogP contribution in [0.15, 0.2) is 0 Å². The lowest BCUT2D eigenvalue weighted by molar-refractivity contribution is -0.122. The van der Waals surface area contributed by atoms with Gasteiger partial charge in [-0.15, -0.1) is 0 Å². The Labute approximate surface area is 198 Å². The highest BCUT2D eigenvalue weighted by Crippen LogP contribution is 2.68. The van der Waals surface area contributed by atoms with Gasteiger partial charge in [0, 0.05) is 0 Å². The first kappa shape index (κ1) is 24.1. The third-order valence-corrected chi connectivity index (χ3v) is 11.7. The molecule has 0 saturated heterocycles. The Balaban J connectivity index is 1.45. The topological polar surface area (TPSA) is 47.6 Å². The monoisotopic (exact) mass is 436 g/mol. The number of nitriles is 2. The summed E-state index contributed by atoms with van der Waals surface area (Å²) in [6, 6.07) is 4.59. The van der Waals surface area contributed by atoms with Crippen LogP contribution in [0.3, 0.4) is 0 Å². The van der Waals surface area contributed by atoms with Gasteiger partial charge in [-0.1, -0.05) is 53.9 Å². The Morgan fingerprint density at radius 2 is 1.50 bits per heavy atom. The summed E-state index contributed by atoms with van der Waals surface area (Å²) in [6.07, 6.45) is 16.3. The molecule has 32 heavy (non-hydrogen) atoms. The minimum atomic E-state index is -0.389. The van der Waals surface area contributed by atoms with Crippen LogP contribution < -0.4 is 0 Å². The van der Waals surface area contributed by atoms with E-state index in [2.05, 4.69) is 46.8 Å². The molecule has 0 N–H and O–H groups in total. The van der Waals surface area contributed by atoms with Gasteiger partial charge in [-0.3, -0.25) is 0 Å². The van der Waals surface area contributed by atoms with Crippen molar-refractivity contribution in [3.8, 4) is 12.1 Å². The fourth-order valence-electron chi connectivity index (χ4n) is 9.86. The van der Waals surface area contributed by atoms with E-state index in [-0.39, 0.29) is 5.92 Å². The van der Waals surface area contributed by atoms with E-state index in [9.17, 15) is 10.5 Å². The number of hydrogen-bond acceptors (Lipinski definition) is 2. The molecule has 2 nitrogen and oxygen atoms in total. The normalized spacial score (nSPS) is 44.3. The van der Waals surface area contributed by atoms with Crippen molar-refractivity contribution in [3.63, 3.8) is 0 Å². The Hall–Kier alpha value is -1.02. The molecular weight excluding hydrogens is 388 g/mol. The van der Waals surface area contributed by atoms with Crippen LogP contribution in [-0.2, 0) is 0 Å². The highest BCUT2D eigenvalue weighted by molar-refractivity contribution is 5.11. The van der Waals surface area contributed by atoms with Crippen molar-refractivity contribution in [3.05, 3.63) is 0 Å². The first-order valence-electron chi connectivity index (χ1n) is 14.0. The Kier molecular flexibility index (Phi) is 7.02. The predicted molar refractivity (Wildman–Crippen MR) is 131 cm³/mol. The van der Waals surface area contributed by atoms with Crippen molar-refractivity contribution in [2.45, 2.75) is 112 Å². The van der Waals surface area contributed by atoms with E-state index in [1.807, 2.05) is 0 Å². The Bertz CT molecular complexity index is 729. The molecule has 0 amide bonds. The standard InChI is InChI=1S/C30H48N2/c1-20(2)7-6-8-21(3)26-11-12-27-25-10-9-24-17-22(23(18-31)19-32)13-15-29(24,4)28(25)14-16-30(26,27)5/h20-28H,6-17H2,1-5H3/t21-,22-,24-,25+,26-,27-,28+,29-,30+/m0/s1. The van der Waals surface area contributed by atoms with Crippen molar-refractivity contribution in [2.75, 3.05) is 0 Å². The first-order chi connectivity index (χ1) is 15.2. The lowest BCUT2D eigenvalue weighted by atomic mass is 9.43. The van der Waals surface area contributed by atoms with Crippen molar-refractivity contribution >= 4 is 0 Å². The van der Waals surface area contributed by atoms with Gasteiger partial charge < -0.3 is 0 Å². The maximum atomic E-state index is 9.44. The third-order valence-electron chi connectivity index (χ3n) is 11.7. The zero-order valence-corrected chi connectivity index (χ0v) is 21.6. The molecule has 0 heterocycles. The van der Waals surface area contributed by atoms with Crippen molar-refractivity contribution in [2.24, 2.45) is 64.1 Å². The van der Waals surface area contributed by atoms with Crippen LogP contribution in [0.5, 0.6) is 0 Å². The van der Waals surface area contributed by atoms with E-state index in [0.717, 1.165) is 54.3 Å². The molecule has 9 atom stereocenters. The van der Waals surface area contributed by atoms with Crippen LogP contribution in [0.4, 0.5) is 0 Å². The van der Waals surface area contributed by atoms with Gasteiger partial charge >= 0.3 is 0 Å². The van der Waals surface area contributed by atoms with Gasteiger partial charge in [0.05, 0.1) is 12.1 Å². The highest BCUT2D eigenvalue weighted by atomic mass is 14.7. The zero-order chi connectivity index (χ0) is 23.1. The molecule has 0 spiro atoms. The molecule has 0 unspecified atom stereocenters. The van der Waals surface area contributed by atoms with Crippen molar-refractivity contribution in [1.29, 1.82) is 10.5 Å². The number of nitrogens with zero attached hydrogens (tertiary/aromatic N) is 2. The summed E-state index contributed by atoms with van der Waals surface area (Å²) in [5.41, 5.74) is 1.03.